The Morgan fingerprint density at radius 1 is 1.00 bits per heavy atom. The van der Waals surface area contributed by atoms with E-state index in [9.17, 15) is 9.59 Å². The number of hydrogen-bond acceptors (Lipinski definition) is 4. The van der Waals surface area contributed by atoms with E-state index >= 15 is 0 Å². The van der Waals surface area contributed by atoms with Crippen LogP contribution in [0.4, 0.5) is 4.79 Å². The first kappa shape index (κ1) is 16.1. The third-order valence-corrected chi connectivity index (χ3v) is 5.97. The number of hydrogen-bond donors (Lipinski definition) is 0. The smallest absolute Gasteiger partial charge is 0.268 e. The first-order chi connectivity index (χ1) is 12.1. The zero-order valence-corrected chi connectivity index (χ0v) is 15.2. The Morgan fingerprint density at radius 3 is 2.60 bits per heavy atom. The summed E-state index contributed by atoms with van der Waals surface area (Å²) in [5, 5.41) is 1.97. The van der Waals surface area contributed by atoms with E-state index in [1.165, 1.54) is 9.78 Å². The van der Waals surface area contributed by atoms with E-state index < -0.39 is 0 Å². The molecule has 3 nitrogen and oxygen atoms in total. The van der Waals surface area contributed by atoms with E-state index in [-0.39, 0.29) is 11.1 Å². The van der Waals surface area contributed by atoms with Crippen LogP contribution in [0.15, 0.2) is 59.5 Å². The third-order valence-electron chi connectivity index (χ3n) is 4.12. The zero-order valence-electron chi connectivity index (χ0n) is 13.6. The van der Waals surface area contributed by atoms with Crippen molar-refractivity contribution >= 4 is 51.1 Å². The first-order valence-corrected chi connectivity index (χ1v) is 9.53. The molecule has 0 radical (unpaired) electrons. The van der Waals surface area contributed by atoms with Gasteiger partial charge in [-0.25, -0.2) is 0 Å². The summed E-state index contributed by atoms with van der Waals surface area (Å²) >= 11 is 2.63. The van der Waals surface area contributed by atoms with Gasteiger partial charge in [0.1, 0.15) is 0 Å². The van der Waals surface area contributed by atoms with Crippen LogP contribution >= 0.6 is 23.1 Å². The summed E-state index contributed by atoms with van der Waals surface area (Å²) in [6.45, 7) is 2.32. The molecular formula is C20H15NO2S2. The fraction of sp³-hybridized carbons (Fsp3) is 0.100. The van der Waals surface area contributed by atoms with Crippen LogP contribution in [0.3, 0.4) is 0 Å². The number of rotatable bonds is 3. The fourth-order valence-corrected chi connectivity index (χ4v) is 4.62. The summed E-state index contributed by atoms with van der Waals surface area (Å²) in [6, 6.07) is 18.0. The van der Waals surface area contributed by atoms with Crippen molar-refractivity contribution in [2.75, 3.05) is 0 Å². The highest BCUT2D eigenvalue weighted by Gasteiger charge is 2.35. The number of benzene rings is 2. The highest BCUT2D eigenvalue weighted by Crippen LogP contribution is 2.35. The van der Waals surface area contributed by atoms with Gasteiger partial charge in [-0.1, -0.05) is 42.5 Å². The number of thioether (sulfide) groups is 1. The highest BCUT2D eigenvalue weighted by atomic mass is 32.2. The second-order valence-corrected chi connectivity index (χ2v) is 8.17. The van der Waals surface area contributed by atoms with Crippen LogP contribution in [0, 0.1) is 6.92 Å². The van der Waals surface area contributed by atoms with Crippen molar-refractivity contribution in [2.24, 2.45) is 0 Å². The van der Waals surface area contributed by atoms with Gasteiger partial charge in [-0.2, -0.15) is 0 Å². The van der Waals surface area contributed by atoms with E-state index in [1.807, 2.05) is 67.6 Å². The average Bonchev–Trinajstić information content (AvgIpc) is 3.13. The van der Waals surface area contributed by atoms with Gasteiger partial charge in [0, 0.05) is 9.75 Å². The van der Waals surface area contributed by atoms with Crippen molar-refractivity contribution < 1.29 is 9.59 Å². The van der Waals surface area contributed by atoms with E-state index in [0.717, 1.165) is 33.0 Å². The number of carbonyl (C=O) groups is 2. The molecule has 1 saturated heterocycles. The molecule has 1 aliphatic rings. The second kappa shape index (κ2) is 6.50. The van der Waals surface area contributed by atoms with Gasteiger partial charge in [0.2, 0.25) is 0 Å². The van der Waals surface area contributed by atoms with Crippen LogP contribution < -0.4 is 0 Å². The van der Waals surface area contributed by atoms with Crippen molar-refractivity contribution in [1.29, 1.82) is 0 Å². The lowest BCUT2D eigenvalue weighted by molar-refractivity contribution is -0.123. The molecule has 0 unspecified atom stereocenters. The Bertz CT molecular complexity index is 1010. The number of thiophene rings is 1. The lowest BCUT2D eigenvalue weighted by atomic mass is 10.0. The molecule has 0 atom stereocenters. The fourth-order valence-electron chi connectivity index (χ4n) is 2.90. The van der Waals surface area contributed by atoms with Crippen molar-refractivity contribution in [1.82, 2.24) is 4.90 Å². The molecule has 124 valence electrons. The molecule has 2 heterocycles. The van der Waals surface area contributed by atoms with Crippen LogP contribution in [-0.2, 0) is 11.3 Å². The molecule has 1 aromatic heterocycles. The van der Waals surface area contributed by atoms with Gasteiger partial charge in [-0.15, -0.1) is 11.3 Å². The van der Waals surface area contributed by atoms with Crippen LogP contribution in [0.5, 0.6) is 0 Å². The molecule has 25 heavy (non-hydrogen) atoms. The van der Waals surface area contributed by atoms with Crippen molar-refractivity contribution in [3.8, 4) is 0 Å². The monoisotopic (exact) mass is 365 g/mol. The van der Waals surface area contributed by atoms with Crippen LogP contribution in [-0.4, -0.2) is 16.0 Å². The van der Waals surface area contributed by atoms with E-state index in [4.69, 9.17) is 0 Å². The van der Waals surface area contributed by atoms with E-state index in [2.05, 4.69) is 0 Å². The van der Waals surface area contributed by atoms with Gasteiger partial charge in [0.25, 0.3) is 11.1 Å². The Kier molecular flexibility index (Phi) is 4.19. The maximum absolute atomic E-state index is 12.7. The molecule has 0 N–H and O–H groups in total. The average molecular weight is 365 g/mol. The predicted octanol–water partition coefficient (Wildman–Crippen LogP) is 5.45. The van der Waals surface area contributed by atoms with Crippen LogP contribution in [0.25, 0.3) is 16.8 Å². The molecule has 0 bridgehead atoms. The standard InChI is InChI=1S/C20H15NO2S2/c1-13-9-10-16(24-13)11-18-19(22)21(20(23)25-18)12-15-7-4-6-14-5-2-3-8-17(14)15/h2-11H,12H2,1H3/b18-11+. The quantitative estimate of drug-likeness (QED) is 0.580. The highest BCUT2D eigenvalue weighted by molar-refractivity contribution is 8.18. The topological polar surface area (TPSA) is 37.4 Å². The first-order valence-electron chi connectivity index (χ1n) is 7.90. The maximum atomic E-state index is 12.7. The summed E-state index contributed by atoms with van der Waals surface area (Å²) in [5.41, 5.74) is 0.980. The third kappa shape index (κ3) is 3.13. The Labute approximate surface area is 154 Å². The summed E-state index contributed by atoms with van der Waals surface area (Å²) in [7, 11) is 0. The summed E-state index contributed by atoms with van der Waals surface area (Å²) in [6.07, 6.45) is 1.81. The van der Waals surface area contributed by atoms with Crippen molar-refractivity contribution in [3.05, 3.63) is 74.8 Å². The molecule has 3 aromatic rings. The summed E-state index contributed by atoms with van der Waals surface area (Å²) < 4.78 is 0. The van der Waals surface area contributed by atoms with Crippen LogP contribution in [0.1, 0.15) is 15.3 Å². The molecule has 4 rings (SSSR count). The van der Waals surface area contributed by atoms with Gasteiger partial charge in [0.15, 0.2) is 0 Å². The van der Waals surface area contributed by atoms with Gasteiger partial charge in [-0.05, 0) is 53.2 Å². The van der Waals surface area contributed by atoms with Gasteiger partial charge in [-0.3, -0.25) is 14.5 Å². The summed E-state index contributed by atoms with van der Waals surface area (Å²) in [5.74, 6) is -0.214. The van der Waals surface area contributed by atoms with Crippen molar-refractivity contribution in [3.63, 3.8) is 0 Å². The number of aryl methyl sites for hydroxylation is 1. The number of fused-ring (bicyclic) bond motifs is 1. The number of carbonyl (C=O) groups excluding carboxylic acids is 2. The van der Waals surface area contributed by atoms with Crippen LogP contribution in [0.2, 0.25) is 0 Å². The Hall–Kier alpha value is -2.37. The van der Waals surface area contributed by atoms with Gasteiger partial charge >= 0.3 is 0 Å². The lowest BCUT2D eigenvalue weighted by Gasteiger charge is -2.14. The molecule has 0 saturated carbocycles. The molecule has 0 aliphatic carbocycles. The van der Waals surface area contributed by atoms with Gasteiger partial charge < -0.3 is 0 Å². The number of imide groups is 1. The van der Waals surface area contributed by atoms with E-state index in [1.54, 1.807) is 11.3 Å². The van der Waals surface area contributed by atoms with Crippen molar-refractivity contribution in [2.45, 2.75) is 13.5 Å². The predicted molar refractivity (Wildman–Crippen MR) is 105 cm³/mol. The Morgan fingerprint density at radius 2 is 1.80 bits per heavy atom. The Balaban J connectivity index is 1.63. The number of nitrogens with zero attached hydrogens (tertiary/aromatic N) is 1. The SMILES string of the molecule is Cc1ccc(/C=C2/SC(=O)N(Cc3cccc4ccccc34)C2=O)s1. The lowest BCUT2D eigenvalue weighted by Crippen LogP contribution is -2.27. The minimum Gasteiger partial charge on any atom is -0.268 e. The molecule has 1 aliphatic heterocycles. The summed E-state index contributed by atoms with van der Waals surface area (Å²) in [4.78, 5) is 29.0. The minimum atomic E-state index is -0.214. The normalized spacial score (nSPS) is 16.4. The zero-order chi connectivity index (χ0) is 17.4. The largest absolute Gasteiger partial charge is 0.293 e. The number of amides is 2. The van der Waals surface area contributed by atoms with E-state index in [0.29, 0.717) is 11.4 Å². The maximum Gasteiger partial charge on any atom is 0.293 e. The minimum absolute atomic E-state index is 0.211. The molecule has 5 heteroatoms. The second-order valence-electron chi connectivity index (χ2n) is 5.85. The molecular weight excluding hydrogens is 350 g/mol. The molecule has 0 spiro atoms. The molecule has 1 fully saturated rings. The molecule has 2 aromatic carbocycles. The molecule has 2 amide bonds. The van der Waals surface area contributed by atoms with Gasteiger partial charge in [0.05, 0.1) is 11.4 Å².